The molecule has 6 heteroatoms. The molecule has 0 radical (unpaired) electrons. The fourth-order valence-corrected chi connectivity index (χ4v) is 4.26. The number of thiophene rings is 1. The Hall–Kier alpha value is -2.60. The Morgan fingerprint density at radius 3 is 2.69 bits per heavy atom. The second-order valence-electron chi connectivity index (χ2n) is 5.88. The third-order valence-electron chi connectivity index (χ3n) is 4.17. The van der Waals surface area contributed by atoms with Gasteiger partial charge in [-0.3, -0.25) is 4.79 Å². The third kappa shape index (κ3) is 3.96. The monoisotopic (exact) mass is 371 g/mol. The number of rotatable bonds is 6. The zero-order valence-electron chi connectivity index (χ0n) is 14.8. The van der Waals surface area contributed by atoms with Gasteiger partial charge in [-0.15, -0.1) is 11.3 Å². The second-order valence-corrected chi connectivity index (χ2v) is 6.98. The first-order valence-electron chi connectivity index (χ1n) is 8.57. The van der Waals surface area contributed by atoms with Gasteiger partial charge in [-0.2, -0.15) is 0 Å². The van der Waals surface area contributed by atoms with Gasteiger partial charge in [0.05, 0.1) is 19.3 Å². The molecule has 3 rings (SSSR count). The van der Waals surface area contributed by atoms with E-state index in [9.17, 15) is 9.59 Å². The Morgan fingerprint density at radius 1 is 1.23 bits per heavy atom. The topological polar surface area (TPSA) is 64.6 Å². The number of nitrogens with one attached hydrogen (secondary N) is 1. The fraction of sp³-hybridized carbons (Fsp3) is 0.300. The zero-order valence-corrected chi connectivity index (χ0v) is 15.7. The molecule has 5 nitrogen and oxygen atoms in total. The van der Waals surface area contributed by atoms with Crippen LogP contribution in [0, 0.1) is 0 Å². The van der Waals surface area contributed by atoms with Crippen LogP contribution in [0.15, 0.2) is 30.3 Å². The molecule has 1 aromatic heterocycles. The SMILES string of the molecule is CCOc1ccc(C=CC(=O)Nc2sc3c(c2C(=O)OC)CCC3)cc1. The largest absolute Gasteiger partial charge is 0.494 e. The maximum atomic E-state index is 12.3. The standard InChI is InChI=1S/C20H21NO4S/c1-3-25-14-10-7-13(8-11-14)9-12-17(22)21-19-18(20(23)24-2)15-5-4-6-16(15)26-19/h7-12H,3-6H2,1-2H3,(H,21,22). The minimum absolute atomic E-state index is 0.274. The molecule has 1 aromatic carbocycles. The molecular formula is C20H21NO4S. The van der Waals surface area contributed by atoms with Gasteiger partial charge >= 0.3 is 5.97 Å². The molecule has 0 saturated heterocycles. The highest BCUT2D eigenvalue weighted by atomic mass is 32.1. The lowest BCUT2D eigenvalue weighted by atomic mass is 10.1. The van der Waals surface area contributed by atoms with Crippen LogP contribution in [0.2, 0.25) is 0 Å². The number of amides is 1. The summed E-state index contributed by atoms with van der Waals surface area (Å²) in [4.78, 5) is 25.5. The molecule has 1 heterocycles. The average molecular weight is 371 g/mol. The Morgan fingerprint density at radius 2 is 2.00 bits per heavy atom. The first kappa shape index (κ1) is 18.2. The molecule has 0 spiro atoms. The van der Waals surface area contributed by atoms with E-state index in [2.05, 4.69) is 5.32 Å². The Balaban J connectivity index is 1.71. The molecule has 0 atom stereocenters. The summed E-state index contributed by atoms with van der Waals surface area (Å²) >= 11 is 1.47. The van der Waals surface area contributed by atoms with Gasteiger partial charge in [-0.25, -0.2) is 4.79 Å². The van der Waals surface area contributed by atoms with Crippen LogP contribution < -0.4 is 10.1 Å². The van der Waals surface area contributed by atoms with Gasteiger partial charge in [0.1, 0.15) is 10.8 Å². The number of hydrogen-bond donors (Lipinski definition) is 1. The van der Waals surface area contributed by atoms with Crippen LogP contribution in [-0.2, 0) is 22.4 Å². The molecule has 1 aliphatic carbocycles. The molecule has 1 amide bonds. The number of methoxy groups -OCH3 is 1. The van der Waals surface area contributed by atoms with E-state index in [0.717, 1.165) is 41.0 Å². The molecule has 136 valence electrons. The van der Waals surface area contributed by atoms with Gasteiger partial charge in [0.2, 0.25) is 5.91 Å². The van der Waals surface area contributed by atoms with Gasteiger partial charge in [0.15, 0.2) is 0 Å². The van der Waals surface area contributed by atoms with Crippen molar-refractivity contribution in [2.75, 3.05) is 19.0 Å². The molecule has 1 N–H and O–H groups in total. The predicted molar refractivity (Wildman–Crippen MR) is 103 cm³/mol. The van der Waals surface area contributed by atoms with Crippen molar-refractivity contribution in [3.63, 3.8) is 0 Å². The maximum absolute atomic E-state index is 12.3. The first-order chi connectivity index (χ1) is 12.6. The van der Waals surface area contributed by atoms with Crippen molar-refractivity contribution in [2.45, 2.75) is 26.2 Å². The van der Waals surface area contributed by atoms with Crippen molar-refractivity contribution >= 4 is 34.3 Å². The number of esters is 1. The number of aryl methyl sites for hydroxylation is 1. The Kier molecular flexibility index (Phi) is 5.73. The van der Waals surface area contributed by atoms with Crippen LogP contribution in [0.4, 0.5) is 5.00 Å². The van der Waals surface area contributed by atoms with Gasteiger partial charge in [0, 0.05) is 11.0 Å². The van der Waals surface area contributed by atoms with Crippen LogP contribution in [-0.4, -0.2) is 25.6 Å². The number of benzene rings is 1. The average Bonchev–Trinajstić information content (AvgIpc) is 3.21. The van der Waals surface area contributed by atoms with Crippen LogP contribution in [0.3, 0.4) is 0 Å². The van der Waals surface area contributed by atoms with Gasteiger partial charge < -0.3 is 14.8 Å². The smallest absolute Gasteiger partial charge is 0.341 e. The van der Waals surface area contributed by atoms with Crippen molar-refractivity contribution in [1.82, 2.24) is 0 Å². The van der Waals surface area contributed by atoms with Crippen LogP contribution in [0.1, 0.15) is 39.7 Å². The zero-order chi connectivity index (χ0) is 18.5. The van der Waals surface area contributed by atoms with E-state index in [1.54, 1.807) is 6.08 Å². The Bertz CT molecular complexity index is 836. The summed E-state index contributed by atoms with van der Waals surface area (Å²) in [6.45, 7) is 2.55. The summed E-state index contributed by atoms with van der Waals surface area (Å²) in [6.07, 6.45) is 6.03. The highest BCUT2D eigenvalue weighted by Gasteiger charge is 2.27. The van der Waals surface area contributed by atoms with Crippen LogP contribution >= 0.6 is 11.3 Å². The number of fused-ring (bicyclic) bond motifs is 1. The molecule has 26 heavy (non-hydrogen) atoms. The summed E-state index contributed by atoms with van der Waals surface area (Å²) in [5.41, 5.74) is 2.42. The number of ether oxygens (including phenoxy) is 2. The number of carbonyl (C=O) groups is 2. The van der Waals surface area contributed by atoms with Crippen LogP contribution in [0.5, 0.6) is 5.75 Å². The van der Waals surface area contributed by atoms with E-state index in [1.165, 1.54) is 24.5 Å². The maximum Gasteiger partial charge on any atom is 0.341 e. The lowest BCUT2D eigenvalue weighted by Crippen LogP contribution is -2.12. The van der Waals surface area contributed by atoms with E-state index in [4.69, 9.17) is 9.47 Å². The molecule has 0 bridgehead atoms. The van der Waals surface area contributed by atoms with Crippen molar-refractivity contribution in [3.05, 3.63) is 51.9 Å². The molecular weight excluding hydrogens is 350 g/mol. The van der Waals surface area contributed by atoms with E-state index < -0.39 is 5.97 Å². The minimum atomic E-state index is -0.393. The first-order valence-corrected chi connectivity index (χ1v) is 9.38. The van der Waals surface area contributed by atoms with Crippen molar-refractivity contribution in [2.24, 2.45) is 0 Å². The normalized spacial score (nSPS) is 12.8. The van der Waals surface area contributed by atoms with Gasteiger partial charge in [-0.05, 0) is 55.5 Å². The van der Waals surface area contributed by atoms with Crippen molar-refractivity contribution in [1.29, 1.82) is 0 Å². The number of anilines is 1. The van der Waals surface area contributed by atoms with E-state index in [1.807, 2.05) is 31.2 Å². The fourth-order valence-electron chi connectivity index (χ4n) is 2.98. The summed E-state index contributed by atoms with van der Waals surface area (Å²) in [5.74, 6) is 0.129. The molecule has 0 fully saturated rings. The number of hydrogen-bond acceptors (Lipinski definition) is 5. The quantitative estimate of drug-likeness (QED) is 0.614. The highest BCUT2D eigenvalue weighted by molar-refractivity contribution is 7.17. The molecule has 0 unspecified atom stereocenters. The summed E-state index contributed by atoms with van der Waals surface area (Å²) in [6, 6.07) is 7.49. The van der Waals surface area contributed by atoms with E-state index in [0.29, 0.717) is 17.2 Å². The summed E-state index contributed by atoms with van der Waals surface area (Å²) in [5, 5.41) is 3.40. The lowest BCUT2D eigenvalue weighted by Gasteiger charge is -2.05. The molecule has 2 aromatic rings. The molecule has 0 aliphatic heterocycles. The van der Waals surface area contributed by atoms with E-state index in [-0.39, 0.29) is 5.91 Å². The highest BCUT2D eigenvalue weighted by Crippen LogP contribution is 2.39. The van der Waals surface area contributed by atoms with Crippen LogP contribution in [0.25, 0.3) is 6.08 Å². The second kappa shape index (κ2) is 8.19. The summed E-state index contributed by atoms with van der Waals surface area (Å²) < 4.78 is 10.3. The van der Waals surface area contributed by atoms with E-state index >= 15 is 0 Å². The predicted octanol–water partition coefficient (Wildman–Crippen LogP) is 4.07. The van der Waals surface area contributed by atoms with Gasteiger partial charge in [-0.1, -0.05) is 12.1 Å². The number of carbonyl (C=O) groups excluding carboxylic acids is 2. The van der Waals surface area contributed by atoms with Crippen molar-refractivity contribution < 1.29 is 19.1 Å². The Labute approximate surface area is 156 Å². The van der Waals surface area contributed by atoms with Gasteiger partial charge in [0.25, 0.3) is 0 Å². The van der Waals surface area contributed by atoms with Crippen molar-refractivity contribution in [3.8, 4) is 5.75 Å². The third-order valence-corrected chi connectivity index (χ3v) is 5.37. The summed E-state index contributed by atoms with van der Waals surface area (Å²) in [7, 11) is 1.36. The molecule has 1 aliphatic rings. The minimum Gasteiger partial charge on any atom is -0.494 e. The lowest BCUT2D eigenvalue weighted by molar-refractivity contribution is -0.111. The molecule has 0 saturated carbocycles.